The van der Waals surface area contributed by atoms with Gasteiger partial charge in [0.2, 0.25) is 0 Å². The number of aryl methyl sites for hydroxylation is 2. The van der Waals surface area contributed by atoms with Crippen molar-refractivity contribution in [2.45, 2.75) is 39.2 Å². The quantitative estimate of drug-likeness (QED) is 0.438. The van der Waals surface area contributed by atoms with Crippen molar-refractivity contribution in [2.24, 2.45) is 5.10 Å². The summed E-state index contributed by atoms with van der Waals surface area (Å²) in [5.41, 5.74) is 4.99. The predicted molar refractivity (Wildman–Crippen MR) is 116 cm³/mol. The van der Waals surface area contributed by atoms with Crippen LogP contribution in [0.25, 0.3) is 0 Å². The van der Waals surface area contributed by atoms with Crippen molar-refractivity contribution in [3.8, 4) is 0 Å². The smallest absolute Gasteiger partial charge is 0.287 e. The number of nitrogens with zero attached hydrogens (tertiary/aromatic N) is 3. The van der Waals surface area contributed by atoms with Crippen LogP contribution in [-0.4, -0.2) is 33.6 Å². The van der Waals surface area contributed by atoms with Crippen LogP contribution in [0.1, 0.15) is 57.1 Å². The molecule has 4 rings (SSSR count). The molecular formula is C23H24FN5O3. The lowest BCUT2D eigenvalue weighted by Gasteiger charge is -2.13. The number of benzene rings is 1. The molecular weight excluding hydrogens is 413 g/mol. The van der Waals surface area contributed by atoms with E-state index in [4.69, 9.17) is 4.42 Å². The fourth-order valence-corrected chi connectivity index (χ4v) is 3.74. The Morgan fingerprint density at radius 2 is 2.03 bits per heavy atom. The standard InChI is InChI=1S/C23H24FN5O3/c1-15-20-18(27-28-22(30)16-6-8-17(24)9-7-16)4-2-5-19(20)32-21(15)23(31)26-10-3-12-29-13-11-25-14-29/h6-9,11,13-14H,2-5,10,12H2,1H3,(H,26,31)(H,28,30)/b27-18+. The lowest BCUT2D eigenvalue weighted by atomic mass is 9.93. The summed E-state index contributed by atoms with van der Waals surface area (Å²) in [6, 6.07) is 5.24. The average Bonchev–Trinajstić information content (AvgIpc) is 3.43. The minimum absolute atomic E-state index is 0.266. The monoisotopic (exact) mass is 437 g/mol. The number of nitrogens with one attached hydrogen (secondary N) is 2. The molecule has 0 unspecified atom stereocenters. The maximum Gasteiger partial charge on any atom is 0.287 e. The third-order valence-electron chi connectivity index (χ3n) is 5.37. The van der Waals surface area contributed by atoms with Crippen LogP contribution in [0.5, 0.6) is 0 Å². The Bertz CT molecular complexity index is 1130. The molecule has 2 N–H and O–H groups in total. The van der Waals surface area contributed by atoms with Gasteiger partial charge in [0.25, 0.3) is 11.8 Å². The highest BCUT2D eigenvalue weighted by Crippen LogP contribution is 2.29. The molecule has 0 fully saturated rings. The average molecular weight is 437 g/mol. The number of halogens is 1. The molecule has 1 aromatic carbocycles. The van der Waals surface area contributed by atoms with E-state index in [1.807, 2.05) is 17.7 Å². The van der Waals surface area contributed by atoms with Crippen molar-refractivity contribution in [3.05, 3.63) is 77.0 Å². The first kappa shape index (κ1) is 21.5. The Kier molecular flexibility index (Phi) is 6.44. The second-order valence-electron chi connectivity index (χ2n) is 7.62. The van der Waals surface area contributed by atoms with Gasteiger partial charge in [0.05, 0.1) is 12.0 Å². The molecule has 0 bridgehead atoms. The van der Waals surface area contributed by atoms with Crippen molar-refractivity contribution in [2.75, 3.05) is 6.54 Å². The second-order valence-corrected chi connectivity index (χ2v) is 7.62. The summed E-state index contributed by atoms with van der Waals surface area (Å²) in [6.07, 6.45) is 8.26. The highest BCUT2D eigenvalue weighted by atomic mass is 19.1. The first-order valence-electron chi connectivity index (χ1n) is 10.5. The molecule has 2 amide bonds. The number of fused-ring (bicyclic) bond motifs is 1. The number of rotatable bonds is 7. The van der Waals surface area contributed by atoms with Crippen molar-refractivity contribution >= 4 is 17.5 Å². The van der Waals surface area contributed by atoms with Gasteiger partial charge in [0.1, 0.15) is 11.6 Å². The maximum absolute atomic E-state index is 13.1. The van der Waals surface area contributed by atoms with Crippen LogP contribution in [0.4, 0.5) is 4.39 Å². The molecule has 0 saturated carbocycles. The lowest BCUT2D eigenvalue weighted by molar-refractivity contribution is 0.0920. The number of aromatic nitrogens is 2. The zero-order valence-corrected chi connectivity index (χ0v) is 17.7. The van der Waals surface area contributed by atoms with Gasteiger partial charge in [-0.25, -0.2) is 14.8 Å². The van der Waals surface area contributed by atoms with Gasteiger partial charge in [0, 0.05) is 48.6 Å². The van der Waals surface area contributed by atoms with E-state index < -0.39 is 11.7 Å². The summed E-state index contributed by atoms with van der Waals surface area (Å²) in [5.74, 6) is -0.130. The van der Waals surface area contributed by atoms with E-state index in [0.717, 1.165) is 24.9 Å². The summed E-state index contributed by atoms with van der Waals surface area (Å²) < 4.78 is 20.9. The topological polar surface area (TPSA) is 102 Å². The molecule has 0 radical (unpaired) electrons. The largest absolute Gasteiger partial charge is 0.455 e. The molecule has 2 aromatic heterocycles. The van der Waals surface area contributed by atoms with Gasteiger partial charge in [-0.15, -0.1) is 0 Å². The van der Waals surface area contributed by atoms with E-state index in [1.54, 1.807) is 12.5 Å². The number of hydrogen-bond acceptors (Lipinski definition) is 5. The Balaban J connectivity index is 1.42. The number of amides is 2. The summed E-state index contributed by atoms with van der Waals surface area (Å²) in [6.45, 7) is 3.10. The van der Waals surface area contributed by atoms with Gasteiger partial charge < -0.3 is 14.3 Å². The summed E-state index contributed by atoms with van der Waals surface area (Å²) in [7, 11) is 0. The highest BCUT2D eigenvalue weighted by Gasteiger charge is 2.28. The van der Waals surface area contributed by atoms with Crippen LogP contribution in [-0.2, 0) is 13.0 Å². The Morgan fingerprint density at radius 3 is 2.78 bits per heavy atom. The number of furan rings is 1. The van der Waals surface area contributed by atoms with Crippen LogP contribution < -0.4 is 10.7 Å². The lowest BCUT2D eigenvalue weighted by Crippen LogP contribution is -2.25. The van der Waals surface area contributed by atoms with Crippen LogP contribution in [0.3, 0.4) is 0 Å². The van der Waals surface area contributed by atoms with Gasteiger partial charge >= 0.3 is 0 Å². The van der Waals surface area contributed by atoms with E-state index in [0.29, 0.717) is 42.0 Å². The summed E-state index contributed by atoms with van der Waals surface area (Å²) in [4.78, 5) is 29.0. The van der Waals surface area contributed by atoms with Crippen LogP contribution in [0.15, 0.2) is 52.5 Å². The number of hydrogen-bond donors (Lipinski definition) is 2. The SMILES string of the molecule is Cc1c(C(=O)NCCCn2ccnc2)oc2c1/C(=N/NC(=O)c1ccc(F)cc1)CCC2. The van der Waals surface area contributed by atoms with E-state index in [2.05, 4.69) is 20.8 Å². The molecule has 1 aliphatic rings. The molecule has 0 saturated heterocycles. The van der Waals surface area contributed by atoms with Gasteiger partial charge in [-0.3, -0.25) is 9.59 Å². The molecule has 0 atom stereocenters. The fourth-order valence-electron chi connectivity index (χ4n) is 3.74. The molecule has 0 aliphatic heterocycles. The Morgan fingerprint density at radius 1 is 1.22 bits per heavy atom. The minimum atomic E-state index is -0.429. The number of hydrazone groups is 1. The van der Waals surface area contributed by atoms with E-state index in [1.165, 1.54) is 24.3 Å². The first-order valence-corrected chi connectivity index (χ1v) is 10.5. The fraction of sp³-hybridized carbons (Fsp3) is 0.304. The Hall–Kier alpha value is -3.75. The minimum Gasteiger partial charge on any atom is -0.455 e. The van der Waals surface area contributed by atoms with Crippen molar-refractivity contribution < 1.29 is 18.4 Å². The van der Waals surface area contributed by atoms with Gasteiger partial charge in [0.15, 0.2) is 5.76 Å². The molecule has 1 aliphatic carbocycles. The molecule has 0 spiro atoms. The van der Waals surface area contributed by atoms with Gasteiger partial charge in [-0.2, -0.15) is 5.10 Å². The highest BCUT2D eigenvalue weighted by molar-refractivity contribution is 6.07. The number of carbonyl (C=O) groups is 2. The van der Waals surface area contributed by atoms with Crippen LogP contribution in [0.2, 0.25) is 0 Å². The van der Waals surface area contributed by atoms with Crippen LogP contribution in [0, 0.1) is 12.7 Å². The van der Waals surface area contributed by atoms with Crippen molar-refractivity contribution in [1.29, 1.82) is 0 Å². The zero-order valence-electron chi connectivity index (χ0n) is 17.7. The summed E-state index contributed by atoms with van der Waals surface area (Å²) in [5, 5.41) is 7.18. The molecule has 3 aromatic rings. The molecule has 166 valence electrons. The molecule has 32 heavy (non-hydrogen) atoms. The predicted octanol–water partition coefficient (Wildman–Crippen LogP) is 3.21. The van der Waals surface area contributed by atoms with E-state index in [-0.39, 0.29) is 11.7 Å². The number of carbonyl (C=O) groups excluding carboxylic acids is 2. The third kappa shape index (κ3) is 4.77. The number of imidazole rings is 1. The van der Waals surface area contributed by atoms with Crippen LogP contribution >= 0.6 is 0 Å². The second kappa shape index (κ2) is 9.59. The maximum atomic E-state index is 13.1. The van der Waals surface area contributed by atoms with E-state index >= 15 is 0 Å². The summed E-state index contributed by atoms with van der Waals surface area (Å²) >= 11 is 0. The van der Waals surface area contributed by atoms with Crippen molar-refractivity contribution in [1.82, 2.24) is 20.3 Å². The molecule has 2 heterocycles. The Labute approximate surface area is 184 Å². The van der Waals surface area contributed by atoms with E-state index in [9.17, 15) is 14.0 Å². The first-order chi connectivity index (χ1) is 15.5. The molecule has 9 heteroatoms. The van der Waals surface area contributed by atoms with Gasteiger partial charge in [-0.05, 0) is 50.5 Å². The van der Waals surface area contributed by atoms with Crippen molar-refractivity contribution in [3.63, 3.8) is 0 Å². The third-order valence-corrected chi connectivity index (χ3v) is 5.37. The van der Waals surface area contributed by atoms with Gasteiger partial charge in [-0.1, -0.05) is 0 Å². The molecule has 8 nitrogen and oxygen atoms in total. The normalized spacial score (nSPS) is 14.2. The zero-order chi connectivity index (χ0) is 22.5.